The van der Waals surface area contributed by atoms with Crippen LogP contribution < -0.4 is 48.0 Å². The van der Waals surface area contributed by atoms with E-state index in [-0.39, 0.29) is 59.9 Å². The van der Waals surface area contributed by atoms with Gasteiger partial charge in [-0.25, -0.2) is 0 Å². The Morgan fingerprint density at radius 2 is 0.700 bits per heavy atom. The fourth-order valence-electron chi connectivity index (χ4n) is 7.43. The first-order valence-electron chi connectivity index (χ1n) is 24.3. The van der Waals surface area contributed by atoms with Gasteiger partial charge in [-0.3, -0.25) is 9.59 Å². The van der Waals surface area contributed by atoms with Crippen molar-refractivity contribution in [1.82, 2.24) is 0 Å². The number of carbonyl (C=O) groups is 2. The van der Waals surface area contributed by atoms with Gasteiger partial charge in [-0.15, -0.1) is 0 Å². The summed E-state index contributed by atoms with van der Waals surface area (Å²) < 4.78 is 24.6. The highest BCUT2D eigenvalue weighted by Crippen LogP contribution is 2.19. The van der Waals surface area contributed by atoms with Gasteiger partial charge in [-0.1, -0.05) is 141 Å². The summed E-state index contributed by atoms with van der Waals surface area (Å²) in [5.74, 6) is -0.398. The summed E-state index contributed by atoms with van der Waals surface area (Å²) in [4.78, 5) is 26.8. The number of esters is 2. The number of likely N-dealkylation sites (N-methyl/N-ethyl adjacent to an activating group) is 2. The summed E-state index contributed by atoms with van der Waals surface area (Å²) in [5.41, 5.74) is 0. The summed E-state index contributed by atoms with van der Waals surface area (Å²) in [7, 11) is 11.9. The second-order valence-corrected chi connectivity index (χ2v) is 18.4. The summed E-state index contributed by atoms with van der Waals surface area (Å²) in [6.45, 7) is 8.33. The van der Waals surface area contributed by atoms with E-state index in [2.05, 4.69) is 66.3 Å². The molecule has 0 spiro atoms. The van der Waals surface area contributed by atoms with Crippen LogP contribution in [0.4, 0.5) is 0 Å². The lowest BCUT2D eigenvalue weighted by Crippen LogP contribution is -3.00. The van der Waals surface area contributed by atoms with Gasteiger partial charge >= 0.3 is 11.9 Å². The van der Waals surface area contributed by atoms with Gasteiger partial charge in [0.25, 0.3) is 0 Å². The SMILES string of the molecule is CCCCCCCCC=CCCCCCCCC(=O)OC(C[N+](C)(C)CCOC)C(C[N+](C)(C)CCOC)OC(=O)CCCCCCCC=CCCCCCCCC.[I-].[I-]. The molecular formula is C50H98I2N2O6. The quantitative estimate of drug-likeness (QED) is 0.0234. The molecule has 0 aliphatic heterocycles. The van der Waals surface area contributed by atoms with Crippen LogP contribution in [0.5, 0.6) is 0 Å². The Morgan fingerprint density at radius 1 is 0.433 bits per heavy atom. The molecule has 60 heavy (non-hydrogen) atoms. The van der Waals surface area contributed by atoms with Gasteiger partial charge < -0.3 is 75.9 Å². The lowest BCUT2D eigenvalue weighted by molar-refractivity contribution is -0.901. The number of halogens is 2. The topological polar surface area (TPSA) is 71.1 Å². The summed E-state index contributed by atoms with van der Waals surface area (Å²) in [6, 6.07) is 0. The fourth-order valence-corrected chi connectivity index (χ4v) is 7.43. The average Bonchev–Trinajstić information content (AvgIpc) is 3.18. The number of nitrogens with zero attached hydrogens (tertiary/aromatic N) is 2. The molecule has 0 heterocycles. The molecule has 0 saturated heterocycles. The highest BCUT2D eigenvalue weighted by molar-refractivity contribution is 5.70. The second-order valence-electron chi connectivity index (χ2n) is 18.4. The van der Waals surface area contributed by atoms with Crippen molar-refractivity contribution < 1.29 is 85.5 Å². The maximum Gasteiger partial charge on any atom is 0.306 e. The largest absolute Gasteiger partial charge is 1.00 e. The van der Waals surface area contributed by atoms with Crippen molar-refractivity contribution in [2.75, 3.05) is 81.8 Å². The van der Waals surface area contributed by atoms with Gasteiger partial charge in [0.15, 0.2) is 12.2 Å². The molecule has 0 fully saturated rings. The van der Waals surface area contributed by atoms with Crippen molar-refractivity contribution >= 4 is 11.9 Å². The third kappa shape index (κ3) is 43.0. The van der Waals surface area contributed by atoms with Crippen molar-refractivity contribution in [2.45, 2.75) is 206 Å². The zero-order valence-corrected chi connectivity index (χ0v) is 44.9. The first kappa shape index (κ1) is 64.0. The number of methoxy groups -OCH3 is 2. The van der Waals surface area contributed by atoms with Crippen LogP contribution in [0, 0.1) is 0 Å². The van der Waals surface area contributed by atoms with Crippen LogP contribution in [0.25, 0.3) is 0 Å². The molecule has 0 amide bonds. The zero-order chi connectivity index (χ0) is 43.0. The van der Waals surface area contributed by atoms with Crippen LogP contribution in [-0.2, 0) is 28.5 Å². The van der Waals surface area contributed by atoms with Crippen LogP contribution in [0.3, 0.4) is 0 Å². The Hall–Kier alpha value is -0.280. The zero-order valence-electron chi connectivity index (χ0n) is 40.6. The van der Waals surface area contributed by atoms with E-state index >= 15 is 0 Å². The van der Waals surface area contributed by atoms with Crippen LogP contribution in [-0.4, -0.2) is 115 Å². The number of carbonyl (C=O) groups excluding carboxylic acids is 2. The molecule has 8 nitrogen and oxygen atoms in total. The smallest absolute Gasteiger partial charge is 0.306 e. The van der Waals surface area contributed by atoms with Gasteiger partial charge in [-0.2, -0.15) is 0 Å². The highest BCUT2D eigenvalue weighted by Gasteiger charge is 2.39. The van der Waals surface area contributed by atoms with Gasteiger partial charge in [0.1, 0.15) is 26.2 Å². The molecule has 0 aromatic rings. The van der Waals surface area contributed by atoms with E-state index in [1.54, 1.807) is 14.2 Å². The van der Waals surface area contributed by atoms with Crippen molar-refractivity contribution in [1.29, 1.82) is 0 Å². The third-order valence-electron chi connectivity index (χ3n) is 11.4. The Balaban J connectivity index is -0.0000162. The number of hydrogen-bond acceptors (Lipinski definition) is 6. The molecule has 0 saturated carbocycles. The summed E-state index contributed by atoms with van der Waals surface area (Å²) >= 11 is 0. The van der Waals surface area contributed by atoms with E-state index in [1.165, 1.54) is 116 Å². The van der Waals surface area contributed by atoms with Gasteiger partial charge in [0.05, 0.1) is 41.4 Å². The van der Waals surface area contributed by atoms with Crippen LogP contribution >= 0.6 is 0 Å². The normalized spacial score (nSPS) is 13.0. The van der Waals surface area contributed by atoms with Gasteiger partial charge in [0.2, 0.25) is 0 Å². The van der Waals surface area contributed by atoms with Gasteiger partial charge in [-0.05, 0) is 64.2 Å². The maximum atomic E-state index is 13.4. The maximum absolute atomic E-state index is 13.4. The van der Waals surface area contributed by atoms with E-state index in [1.807, 2.05) is 0 Å². The number of hydrogen-bond donors (Lipinski definition) is 0. The first-order chi connectivity index (χ1) is 28.0. The van der Waals surface area contributed by atoms with Crippen molar-refractivity contribution in [3.63, 3.8) is 0 Å². The molecule has 10 heteroatoms. The molecule has 0 radical (unpaired) electrons. The monoisotopic (exact) mass is 1080 g/mol. The van der Waals surface area contributed by atoms with Crippen molar-refractivity contribution in [3.05, 3.63) is 24.3 Å². The molecule has 0 aromatic carbocycles. The minimum absolute atomic E-state index is 0. The van der Waals surface area contributed by atoms with Crippen molar-refractivity contribution in [2.24, 2.45) is 0 Å². The Kier molecular flexibility index (Phi) is 48.3. The molecule has 358 valence electrons. The van der Waals surface area contributed by atoms with Crippen molar-refractivity contribution in [3.8, 4) is 0 Å². The number of unbranched alkanes of at least 4 members (excludes halogenated alkanes) is 22. The Bertz CT molecular complexity index is 931. The third-order valence-corrected chi connectivity index (χ3v) is 11.4. The first-order valence-corrected chi connectivity index (χ1v) is 24.3. The molecule has 0 N–H and O–H groups in total. The number of rotatable bonds is 43. The molecule has 0 aliphatic rings. The van der Waals surface area contributed by atoms with Gasteiger partial charge in [0, 0.05) is 27.1 Å². The lowest BCUT2D eigenvalue weighted by Gasteiger charge is -2.39. The minimum atomic E-state index is -0.555. The molecule has 0 aromatic heterocycles. The van der Waals surface area contributed by atoms with Crippen LogP contribution in [0.2, 0.25) is 0 Å². The summed E-state index contributed by atoms with van der Waals surface area (Å²) in [5, 5.41) is 0. The van der Waals surface area contributed by atoms with E-state index in [9.17, 15) is 9.59 Å². The molecule has 2 atom stereocenters. The van der Waals surface area contributed by atoms with E-state index in [0.717, 1.165) is 64.5 Å². The number of quaternary nitrogens is 2. The number of allylic oxidation sites excluding steroid dienone is 4. The predicted molar refractivity (Wildman–Crippen MR) is 246 cm³/mol. The van der Waals surface area contributed by atoms with E-state index in [4.69, 9.17) is 18.9 Å². The fraction of sp³-hybridized carbons (Fsp3) is 0.880. The Morgan fingerprint density at radius 3 is 0.983 bits per heavy atom. The van der Waals surface area contributed by atoms with Crippen LogP contribution in [0.15, 0.2) is 24.3 Å². The standard InChI is InChI=1S/C50H98N2O6.2HI/c1-9-11-13-15-17-19-21-23-25-27-29-31-33-35-37-39-49(53)57-47(45-51(3,4)41-43-55-7)48(46-52(5,6)42-44-56-8)58-50(54)40-38-36-34-32-30-28-26-24-22-20-18-16-14-12-10-2;;/h23-26,47-48H,9-22,27-46H2,1-8H3;2*1H/q+2;;/p-2. The summed E-state index contributed by atoms with van der Waals surface area (Å²) in [6.07, 6.45) is 40.7. The molecule has 0 aliphatic carbocycles. The lowest BCUT2D eigenvalue weighted by atomic mass is 10.1. The Labute approximate surface area is 406 Å². The van der Waals surface area contributed by atoms with E-state index in [0.29, 0.717) is 48.1 Å². The molecule has 0 rings (SSSR count). The predicted octanol–water partition coefficient (Wildman–Crippen LogP) is 6.34. The number of ether oxygens (including phenoxy) is 4. The molecule has 0 bridgehead atoms. The molecular weight excluding hydrogens is 978 g/mol. The molecule has 2 unspecified atom stereocenters. The van der Waals surface area contributed by atoms with E-state index < -0.39 is 12.2 Å². The minimum Gasteiger partial charge on any atom is -1.00 e. The second kappa shape index (κ2) is 45.3. The van der Waals surface area contributed by atoms with Crippen LogP contribution in [0.1, 0.15) is 194 Å². The average molecular weight is 1080 g/mol. The highest BCUT2D eigenvalue weighted by atomic mass is 127.